The number of nitrogens with one attached hydrogen (secondary N) is 1. The van der Waals surface area contributed by atoms with Crippen LogP contribution in [0, 0.1) is 0 Å². The van der Waals surface area contributed by atoms with Crippen LogP contribution in [0.3, 0.4) is 0 Å². The molecule has 0 bridgehead atoms. The van der Waals surface area contributed by atoms with Crippen molar-refractivity contribution in [3.05, 3.63) is 35.9 Å². The number of hydrogen-bond acceptors (Lipinski definition) is 3. The summed E-state index contributed by atoms with van der Waals surface area (Å²) in [5.41, 5.74) is 1.41. The lowest BCUT2D eigenvalue weighted by molar-refractivity contribution is 0.0488. The summed E-state index contributed by atoms with van der Waals surface area (Å²) in [6, 6.07) is 11.3. The molecule has 0 saturated carbocycles. The number of piperazine rings is 1. The molecule has 3 heteroatoms. The highest BCUT2D eigenvalue weighted by molar-refractivity contribution is 5.25. The van der Waals surface area contributed by atoms with E-state index in [1.54, 1.807) is 0 Å². The van der Waals surface area contributed by atoms with Crippen LogP contribution >= 0.6 is 0 Å². The van der Waals surface area contributed by atoms with Crippen LogP contribution in [0.25, 0.3) is 0 Å². The molecule has 2 rings (SSSR count). The highest BCUT2D eigenvalue weighted by atomic mass is 16.5. The molecule has 1 aromatic rings. The van der Waals surface area contributed by atoms with E-state index < -0.39 is 0 Å². The zero-order chi connectivity index (χ0) is 15.1. The van der Waals surface area contributed by atoms with E-state index in [9.17, 15) is 0 Å². The van der Waals surface area contributed by atoms with Gasteiger partial charge >= 0.3 is 0 Å². The minimum absolute atomic E-state index is 0.0389. The van der Waals surface area contributed by atoms with E-state index >= 15 is 0 Å². The van der Waals surface area contributed by atoms with Gasteiger partial charge in [0.1, 0.15) is 0 Å². The van der Waals surface area contributed by atoms with E-state index in [1.165, 1.54) is 18.4 Å². The van der Waals surface area contributed by atoms with Gasteiger partial charge in [-0.2, -0.15) is 0 Å². The lowest BCUT2D eigenvalue weighted by Crippen LogP contribution is -2.60. The molecule has 1 aromatic carbocycles. The average molecular weight is 290 g/mol. The van der Waals surface area contributed by atoms with Crippen LogP contribution in [0.1, 0.15) is 39.2 Å². The summed E-state index contributed by atoms with van der Waals surface area (Å²) in [5, 5.41) is 3.72. The largest absolute Gasteiger partial charge is 0.380 e. The summed E-state index contributed by atoms with van der Waals surface area (Å²) in [6.07, 6.45) is 2.37. The van der Waals surface area contributed by atoms with Gasteiger partial charge in [-0.05, 0) is 25.8 Å². The normalized spacial score (nSPS) is 26.9. The minimum atomic E-state index is 0.0389. The number of nitrogens with zero attached hydrogens (tertiary/aromatic N) is 1. The van der Waals surface area contributed by atoms with Crippen LogP contribution in [0.4, 0.5) is 0 Å². The Morgan fingerprint density at radius 3 is 2.76 bits per heavy atom. The van der Waals surface area contributed by atoms with Crippen LogP contribution in [-0.4, -0.2) is 43.8 Å². The minimum Gasteiger partial charge on any atom is -0.380 e. The molecular weight excluding hydrogens is 260 g/mol. The van der Waals surface area contributed by atoms with Gasteiger partial charge < -0.3 is 10.1 Å². The second kappa shape index (κ2) is 7.92. The van der Waals surface area contributed by atoms with Crippen molar-refractivity contribution in [2.45, 2.75) is 45.2 Å². The number of ether oxygens (including phenoxy) is 1. The summed E-state index contributed by atoms with van der Waals surface area (Å²) < 4.78 is 5.74. The van der Waals surface area contributed by atoms with E-state index in [4.69, 9.17) is 4.74 Å². The number of benzene rings is 1. The zero-order valence-corrected chi connectivity index (χ0v) is 13.8. The third kappa shape index (κ3) is 4.53. The zero-order valence-electron chi connectivity index (χ0n) is 13.8. The Labute approximate surface area is 129 Å². The lowest BCUT2D eigenvalue weighted by atomic mass is 9.88. The Bertz CT molecular complexity index is 409. The van der Waals surface area contributed by atoms with E-state index in [2.05, 4.69) is 61.3 Å². The fourth-order valence-electron chi connectivity index (χ4n) is 2.95. The highest BCUT2D eigenvalue weighted by Crippen LogP contribution is 2.26. The average Bonchev–Trinajstić information content (AvgIpc) is 2.51. The number of unbranched alkanes of at least 4 members (excludes halogenated alkanes) is 1. The maximum atomic E-state index is 5.74. The van der Waals surface area contributed by atoms with Crippen molar-refractivity contribution in [2.24, 2.45) is 0 Å². The first-order valence-corrected chi connectivity index (χ1v) is 8.28. The summed E-state index contributed by atoms with van der Waals surface area (Å²) in [6.45, 7) is 11.6. The summed E-state index contributed by atoms with van der Waals surface area (Å²) in [5.74, 6) is 0. The van der Waals surface area contributed by atoms with Gasteiger partial charge in [-0.15, -0.1) is 0 Å². The first kappa shape index (κ1) is 16.5. The van der Waals surface area contributed by atoms with Gasteiger partial charge in [-0.1, -0.05) is 43.7 Å². The predicted molar refractivity (Wildman–Crippen MR) is 88.6 cm³/mol. The van der Waals surface area contributed by atoms with Crippen LogP contribution in [0.5, 0.6) is 0 Å². The first-order chi connectivity index (χ1) is 10.2. The molecule has 1 N–H and O–H groups in total. The van der Waals surface area contributed by atoms with E-state index in [1.807, 2.05) is 0 Å². The standard InChI is InChI=1S/C18H30N2O/c1-4-5-12-21-13-11-20-15-18(3,19-14-16(20)2)17-9-7-6-8-10-17/h6-10,16,19H,4-5,11-15H2,1-3H3. The Morgan fingerprint density at radius 1 is 1.29 bits per heavy atom. The van der Waals surface area contributed by atoms with Gasteiger partial charge in [-0.25, -0.2) is 0 Å². The second-order valence-electron chi connectivity index (χ2n) is 6.36. The monoisotopic (exact) mass is 290 g/mol. The SMILES string of the molecule is CCCCOCCN1CC(C)(c2ccccc2)NCC1C. The van der Waals surface area contributed by atoms with Crippen molar-refractivity contribution >= 4 is 0 Å². The van der Waals surface area contributed by atoms with E-state index in [-0.39, 0.29) is 5.54 Å². The molecule has 0 radical (unpaired) electrons. The van der Waals surface area contributed by atoms with Gasteiger partial charge in [0, 0.05) is 32.3 Å². The van der Waals surface area contributed by atoms with Crippen molar-refractivity contribution in [1.29, 1.82) is 0 Å². The van der Waals surface area contributed by atoms with E-state index in [0.717, 1.165) is 32.8 Å². The molecule has 3 nitrogen and oxygen atoms in total. The molecule has 0 aromatic heterocycles. The lowest BCUT2D eigenvalue weighted by Gasteiger charge is -2.45. The molecule has 118 valence electrons. The summed E-state index contributed by atoms with van der Waals surface area (Å²) >= 11 is 0. The fraction of sp³-hybridized carbons (Fsp3) is 0.667. The molecule has 0 aliphatic carbocycles. The predicted octanol–water partition coefficient (Wildman–Crippen LogP) is 3.01. The smallest absolute Gasteiger partial charge is 0.0593 e. The molecule has 1 aliphatic rings. The van der Waals surface area contributed by atoms with E-state index in [0.29, 0.717) is 6.04 Å². The second-order valence-corrected chi connectivity index (χ2v) is 6.36. The van der Waals surface area contributed by atoms with Crippen molar-refractivity contribution in [1.82, 2.24) is 10.2 Å². The number of rotatable bonds is 7. The molecular formula is C18H30N2O. The summed E-state index contributed by atoms with van der Waals surface area (Å²) in [7, 11) is 0. The first-order valence-electron chi connectivity index (χ1n) is 8.28. The molecule has 2 unspecified atom stereocenters. The van der Waals surface area contributed by atoms with Crippen LogP contribution in [0.15, 0.2) is 30.3 Å². The number of hydrogen-bond donors (Lipinski definition) is 1. The molecule has 21 heavy (non-hydrogen) atoms. The Morgan fingerprint density at radius 2 is 2.05 bits per heavy atom. The van der Waals surface area contributed by atoms with Crippen molar-refractivity contribution in [2.75, 3.05) is 32.8 Å². The maximum Gasteiger partial charge on any atom is 0.0593 e. The molecule has 1 aliphatic heterocycles. The molecule has 1 fully saturated rings. The van der Waals surface area contributed by atoms with Crippen LogP contribution in [-0.2, 0) is 10.3 Å². The highest BCUT2D eigenvalue weighted by Gasteiger charge is 2.34. The molecule has 2 atom stereocenters. The van der Waals surface area contributed by atoms with Crippen LogP contribution in [0.2, 0.25) is 0 Å². The van der Waals surface area contributed by atoms with Gasteiger partial charge in [-0.3, -0.25) is 4.90 Å². The van der Waals surface area contributed by atoms with Gasteiger partial charge in [0.2, 0.25) is 0 Å². The topological polar surface area (TPSA) is 24.5 Å². The van der Waals surface area contributed by atoms with Crippen LogP contribution < -0.4 is 5.32 Å². The maximum absolute atomic E-state index is 5.74. The molecule has 0 spiro atoms. The van der Waals surface area contributed by atoms with Gasteiger partial charge in [0.15, 0.2) is 0 Å². The Balaban J connectivity index is 1.90. The molecule has 1 saturated heterocycles. The Kier molecular flexibility index (Phi) is 6.22. The third-order valence-corrected chi connectivity index (χ3v) is 4.51. The molecule has 0 amide bonds. The van der Waals surface area contributed by atoms with Crippen molar-refractivity contribution < 1.29 is 4.74 Å². The third-order valence-electron chi connectivity index (χ3n) is 4.51. The van der Waals surface area contributed by atoms with Gasteiger partial charge in [0.25, 0.3) is 0 Å². The fourth-order valence-corrected chi connectivity index (χ4v) is 2.95. The quantitative estimate of drug-likeness (QED) is 0.781. The van der Waals surface area contributed by atoms with Crippen molar-refractivity contribution in [3.8, 4) is 0 Å². The van der Waals surface area contributed by atoms with Crippen molar-refractivity contribution in [3.63, 3.8) is 0 Å². The summed E-state index contributed by atoms with van der Waals surface area (Å²) in [4.78, 5) is 2.55. The van der Waals surface area contributed by atoms with Gasteiger partial charge in [0.05, 0.1) is 12.1 Å². The Hall–Kier alpha value is -0.900. The molecule has 1 heterocycles.